The van der Waals surface area contributed by atoms with Crippen molar-refractivity contribution in [3.8, 4) is 0 Å². The molecule has 3 heterocycles. The van der Waals surface area contributed by atoms with Gasteiger partial charge in [-0.2, -0.15) is 0 Å². The van der Waals surface area contributed by atoms with Crippen LogP contribution in [0.15, 0.2) is 0 Å². The van der Waals surface area contributed by atoms with E-state index in [1.165, 1.54) is 0 Å². The molecular formula is C13H24N4O2. The zero-order chi connectivity index (χ0) is 13.1. The van der Waals surface area contributed by atoms with Gasteiger partial charge in [0.1, 0.15) is 0 Å². The molecule has 0 bridgehead atoms. The standard InChI is InChI=1S/C13H24N4O2/c18-12-15-13(1-3-14-4-2-13)11-17(12)6-5-16-7-9-19-10-8-16/h14H,1-11H2,(H,15,18). The number of rotatable bonds is 3. The van der Waals surface area contributed by atoms with Crippen LogP contribution >= 0.6 is 0 Å². The first-order chi connectivity index (χ1) is 9.27. The van der Waals surface area contributed by atoms with Crippen LogP contribution in [0.3, 0.4) is 0 Å². The first kappa shape index (κ1) is 13.1. The molecule has 0 saturated carbocycles. The van der Waals surface area contributed by atoms with E-state index >= 15 is 0 Å². The molecule has 2 amide bonds. The second-order valence-corrected chi connectivity index (χ2v) is 5.84. The zero-order valence-corrected chi connectivity index (χ0v) is 11.5. The lowest BCUT2D eigenvalue weighted by Crippen LogP contribution is -2.51. The molecule has 6 nitrogen and oxygen atoms in total. The SMILES string of the molecule is O=C1NC2(CCNCC2)CN1CCN1CCOCC1. The van der Waals surface area contributed by atoms with Gasteiger partial charge in [0.05, 0.1) is 18.8 Å². The molecule has 108 valence electrons. The number of nitrogens with one attached hydrogen (secondary N) is 2. The Morgan fingerprint density at radius 3 is 2.63 bits per heavy atom. The smallest absolute Gasteiger partial charge is 0.318 e. The van der Waals surface area contributed by atoms with Crippen molar-refractivity contribution in [3.05, 3.63) is 0 Å². The first-order valence-electron chi connectivity index (χ1n) is 7.35. The number of nitrogens with zero attached hydrogens (tertiary/aromatic N) is 2. The molecule has 3 aliphatic rings. The molecule has 0 aliphatic carbocycles. The van der Waals surface area contributed by atoms with Gasteiger partial charge in [-0.15, -0.1) is 0 Å². The predicted octanol–water partition coefficient (Wildman–Crippen LogP) is -0.534. The Labute approximate surface area is 114 Å². The summed E-state index contributed by atoms with van der Waals surface area (Å²) in [6, 6.07) is 0.121. The van der Waals surface area contributed by atoms with Crippen LogP contribution in [0, 0.1) is 0 Å². The molecule has 0 aromatic rings. The van der Waals surface area contributed by atoms with Crippen molar-refractivity contribution >= 4 is 6.03 Å². The summed E-state index contributed by atoms with van der Waals surface area (Å²) in [4.78, 5) is 16.4. The third kappa shape index (κ3) is 3.01. The van der Waals surface area contributed by atoms with Crippen LogP contribution in [0.4, 0.5) is 4.79 Å². The minimum Gasteiger partial charge on any atom is -0.379 e. The lowest BCUT2D eigenvalue weighted by molar-refractivity contribution is 0.0352. The van der Waals surface area contributed by atoms with Crippen LogP contribution in [0.1, 0.15) is 12.8 Å². The maximum absolute atomic E-state index is 12.1. The van der Waals surface area contributed by atoms with Gasteiger partial charge in [-0.1, -0.05) is 0 Å². The van der Waals surface area contributed by atoms with Gasteiger partial charge in [0.15, 0.2) is 0 Å². The Hall–Kier alpha value is -0.850. The van der Waals surface area contributed by atoms with E-state index in [1.54, 1.807) is 0 Å². The van der Waals surface area contributed by atoms with Crippen LogP contribution in [0.25, 0.3) is 0 Å². The van der Waals surface area contributed by atoms with Crippen LogP contribution in [0.5, 0.6) is 0 Å². The quantitative estimate of drug-likeness (QED) is 0.722. The highest BCUT2D eigenvalue weighted by Crippen LogP contribution is 2.25. The summed E-state index contributed by atoms with van der Waals surface area (Å²) >= 11 is 0. The molecule has 1 spiro atoms. The number of carbonyl (C=O) groups excluding carboxylic acids is 1. The minimum atomic E-state index is 0.0351. The van der Waals surface area contributed by atoms with Gasteiger partial charge >= 0.3 is 6.03 Å². The first-order valence-corrected chi connectivity index (χ1v) is 7.35. The van der Waals surface area contributed by atoms with Crippen molar-refractivity contribution in [2.75, 3.05) is 59.0 Å². The average Bonchev–Trinajstić information content (AvgIpc) is 2.74. The van der Waals surface area contributed by atoms with Crippen LogP contribution in [0.2, 0.25) is 0 Å². The van der Waals surface area contributed by atoms with Crippen LogP contribution in [-0.4, -0.2) is 80.4 Å². The van der Waals surface area contributed by atoms with Gasteiger partial charge in [0.2, 0.25) is 0 Å². The summed E-state index contributed by atoms with van der Waals surface area (Å²) in [5.41, 5.74) is 0.0351. The number of hydrogen-bond donors (Lipinski definition) is 2. The highest BCUT2D eigenvalue weighted by Gasteiger charge is 2.42. The van der Waals surface area contributed by atoms with E-state index in [0.29, 0.717) is 0 Å². The molecule has 19 heavy (non-hydrogen) atoms. The topological polar surface area (TPSA) is 56.8 Å². The molecule has 3 fully saturated rings. The fourth-order valence-corrected chi connectivity index (χ4v) is 3.24. The van der Waals surface area contributed by atoms with Gasteiger partial charge in [-0.05, 0) is 25.9 Å². The number of amides is 2. The molecule has 0 atom stereocenters. The van der Waals surface area contributed by atoms with Gasteiger partial charge in [0, 0.05) is 32.7 Å². The number of hydrogen-bond acceptors (Lipinski definition) is 4. The number of morpholine rings is 1. The monoisotopic (exact) mass is 268 g/mol. The Morgan fingerprint density at radius 1 is 1.16 bits per heavy atom. The normalized spacial score (nSPS) is 27.8. The van der Waals surface area contributed by atoms with Crippen molar-refractivity contribution < 1.29 is 9.53 Å². The van der Waals surface area contributed by atoms with Crippen molar-refractivity contribution in [1.82, 2.24) is 20.4 Å². The number of piperidine rings is 1. The maximum atomic E-state index is 12.1. The molecule has 3 aliphatic heterocycles. The Balaban J connectivity index is 1.49. The lowest BCUT2D eigenvalue weighted by Gasteiger charge is -2.33. The second kappa shape index (κ2) is 5.64. The molecule has 0 unspecified atom stereocenters. The fraction of sp³-hybridized carbons (Fsp3) is 0.923. The van der Waals surface area contributed by atoms with E-state index in [9.17, 15) is 4.79 Å². The maximum Gasteiger partial charge on any atom is 0.318 e. The summed E-state index contributed by atoms with van der Waals surface area (Å²) < 4.78 is 5.34. The molecule has 2 N–H and O–H groups in total. The predicted molar refractivity (Wildman–Crippen MR) is 72.2 cm³/mol. The van der Waals surface area contributed by atoms with Gasteiger partial charge in [-0.3, -0.25) is 4.90 Å². The summed E-state index contributed by atoms with van der Waals surface area (Å²) in [6.45, 7) is 8.32. The van der Waals surface area contributed by atoms with E-state index in [2.05, 4.69) is 15.5 Å². The summed E-state index contributed by atoms with van der Waals surface area (Å²) in [7, 11) is 0. The van der Waals surface area contributed by atoms with E-state index in [0.717, 1.165) is 71.9 Å². The molecule has 6 heteroatoms. The highest BCUT2D eigenvalue weighted by molar-refractivity contribution is 5.78. The fourth-order valence-electron chi connectivity index (χ4n) is 3.24. The number of carbonyl (C=O) groups is 1. The number of ether oxygens (including phenoxy) is 1. The molecule has 0 aromatic heterocycles. The highest BCUT2D eigenvalue weighted by atomic mass is 16.5. The largest absolute Gasteiger partial charge is 0.379 e. The molecule has 3 rings (SSSR count). The Bertz CT molecular complexity index is 325. The molecule has 0 radical (unpaired) electrons. The summed E-state index contributed by atoms with van der Waals surface area (Å²) in [5.74, 6) is 0. The third-order valence-electron chi connectivity index (χ3n) is 4.50. The zero-order valence-electron chi connectivity index (χ0n) is 11.5. The molecule has 0 aromatic carbocycles. The van der Waals surface area contributed by atoms with Crippen molar-refractivity contribution in [3.63, 3.8) is 0 Å². The van der Waals surface area contributed by atoms with E-state index in [-0.39, 0.29) is 11.6 Å². The second-order valence-electron chi connectivity index (χ2n) is 5.84. The molecule has 3 saturated heterocycles. The Kier molecular flexibility index (Phi) is 3.91. The molecular weight excluding hydrogens is 244 g/mol. The third-order valence-corrected chi connectivity index (χ3v) is 4.50. The summed E-state index contributed by atoms with van der Waals surface area (Å²) in [6.07, 6.45) is 2.10. The van der Waals surface area contributed by atoms with Crippen LogP contribution < -0.4 is 10.6 Å². The van der Waals surface area contributed by atoms with Crippen molar-refractivity contribution in [1.29, 1.82) is 0 Å². The number of urea groups is 1. The average molecular weight is 268 g/mol. The van der Waals surface area contributed by atoms with E-state index < -0.39 is 0 Å². The van der Waals surface area contributed by atoms with Gasteiger partial charge in [-0.25, -0.2) is 4.79 Å². The van der Waals surface area contributed by atoms with Crippen molar-refractivity contribution in [2.24, 2.45) is 0 Å². The van der Waals surface area contributed by atoms with Gasteiger partial charge in [0.25, 0.3) is 0 Å². The summed E-state index contributed by atoms with van der Waals surface area (Å²) in [5, 5.41) is 6.57. The van der Waals surface area contributed by atoms with E-state index in [1.807, 2.05) is 4.90 Å². The lowest BCUT2D eigenvalue weighted by atomic mass is 9.89. The Morgan fingerprint density at radius 2 is 1.89 bits per heavy atom. The van der Waals surface area contributed by atoms with Crippen LogP contribution in [-0.2, 0) is 4.74 Å². The van der Waals surface area contributed by atoms with Gasteiger partial charge < -0.3 is 20.3 Å². The van der Waals surface area contributed by atoms with Crippen molar-refractivity contribution in [2.45, 2.75) is 18.4 Å². The minimum absolute atomic E-state index is 0.0351. The van der Waals surface area contributed by atoms with E-state index in [4.69, 9.17) is 4.74 Å².